The third-order valence-corrected chi connectivity index (χ3v) is 5.78. The lowest BCUT2D eigenvalue weighted by molar-refractivity contribution is -0.128. The minimum absolute atomic E-state index is 0.0180. The first-order chi connectivity index (χ1) is 15.0. The summed E-state index contributed by atoms with van der Waals surface area (Å²) in [5.41, 5.74) is 2.91. The van der Waals surface area contributed by atoms with Gasteiger partial charge in [-0.3, -0.25) is 9.59 Å². The van der Waals surface area contributed by atoms with Crippen LogP contribution in [0.25, 0.3) is 0 Å². The van der Waals surface area contributed by atoms with Gasteiger partial charge in [-0.15, -0.1) is 0 Å². The van der Waals surface area contributed by atoms with Crippen molar-refractivity contribution in [2.45, 2.75) is 33.7 Å². The van der Waals surface area contributed by atoms with Crippen molar-refractivity contribution in [2.75, 3.05) is 38.1 Å². The molecule has 1 saturated heterocycles. The van der Waals surface area contributed by atoms with E-state index in [1.165, 1.54) is 5.56 Å². The van der Waals surface area contributed by atoms with Crippen molar-refractivity contribution >= 4 is 17.5 Å². The Balaban J connectivity index is 1.56. The molecule has 1 heterocycles. The third-order valence-electron chi connectivity index (χ3n) is 5.78. The van der Waals surface area contributed by atoms with E-state index in [1.807, 2.05) is 55.5 Å². The van der Waals surface area contributed by atoms with Gasteiger partial charge in [0.2, 0.25) is 11.8 Å². The number of anilines is 1. The van der Waals surface area contributed by atoms with Gasteiger partial charge >= 0.3 is 0 Å². The van der Waals surface area contributed by atoms with Gasteiger partial charge in [0.05, 0.1) is 11.6 Å². The van der Waals surface area contributed by atoms with Gasteiger partial charge in [-0.2, -0.15) is 0 Å². The fourth-order valence-electron chi connectivity index (χ4n) is 3.77. The van der Waals surface area contributed by atoms with Gasteiger partial charge in [0.15, 0.2) is 0 Å². The highest BCUT2D eigenvalue weighted by atomic mass is 16.5. The number of hydrogen-bond donors (Lipinski definition) is 1. The van der Waals surface area contributed by atoms with E-state index >= 15 is 0 Å². The first kappa shape index (κ1) is 22.8. The molecule has 0 radical (unpaired) electrons. The number of nitrogens with one attached hydrogen (secondary N) is 1. The normalized spacial score (nSPS) is 16.1. The molecule has 6 heteroatoms. The van der Waals surface area contributed by atoms with E-state index in [-0.39, 0.29) is 24.2 Å². The summed E-state index contributed by atoms with van der Waals surface area (Å²) in [6.45, 7) is 10.6. The van der Waals surface area contributed by atoms with Crippen molar-refractivity contribution in [1.82, 2.24) is 9.80 Å². The van der Waals surface area contributed by atoms with Crippen LogP contribution in [0.5, 0.6) is 5.75 Å². The summed E-state index contributed by atoms with van der Waals surface area (Å²) < 4.78 is 5.93. The number of nitrogens with zero attached hydrogens (tertiary/aromatic N) is 2. The minimum Gasteiger partial charge on any atom is -0.490 e. The molecular weight excluding hydrogens is 390 g/mol. The highest BCUT2D eigenvalue weighted by Gasteiger charge is 2.34. The largest absolute Gasteiger partial charge is 0.490 e. The van der Waals surface area contributed by atoms with Gasteiger partial charge in [-0.1, -0.05) is 55.8 Å². The summed E-state index contributed by atoms with van der Waals surface area (Å²) >= 11 is 0. The number of carbonyl (C=O) groups is 2. The zero-order chi connectivity index (χ0) is 22.2. The molecule has 3 rings (SSSR count). The van der Waals surface area contributed by atoms with Crippen LogP contribution in [0.2, 0.25) is 0 Å². The van der Waals surface area contributed by atoms with E-state index in [0.717, 1.165) is 25.2 Å². The Hall–Kier alpha value is -2.86. The smallest absolute Gasteiger partial charge is 0.229 e. The SMILES string of the molecule is CCN(CC)CCOc1ccccc1NC(=O)C1CC(=O)N(Cc2ccc(C)cc2)C1. The van der Waals surface area contributed by atoms with Crippen molar-refractivity contribution in [3.63, 3.8) is 0 Å². The quantitative estimate of drug-likeness (QED) is 0.633. The fraction of sp³-hybridized carbons (Fsp3) is 0.440. The second kappa shape index (κ2) is 11.0. The summed E-state index contributed by atoms with van der Waals surface area (Å²) in [5, 5.41) is 2.97. The van der Waals surface area contributed by atoms with E-state index in [0.29, 0.717) is 31.1 Å². The van der Waals surface area contributed by atoms with Crippen LogP contribution in [-0.2, 0) is 16.1 Å². The predicted octanol–water partition coefficient (Wildman–Crippen LogP) is 3.70. The van der Waals surface area contributed by atoms with E-state index < -0.39 is 0 Å². The molecule has 1 fully saturated rings. The molecule has 6 nitrogen and oxygen atoms in total. The molecule has 31 heavy (non-hydrogen) atoms. The van der Waals surface area contributed by atoms with Gasteiger partial charge in [0, 0.05) is 26.1 Å². The molecule has 2 aromatic carbocycles. The molecule has 2 aromatic rings. The summed E-state index contributed by atoms with van der Waals surface area (Å²) in [5.74, 6) is 0.176. The Bertz CT molecular complexity index is 878. The van der Waals surface area contributed by atoms with Gasteiger partial charge < -0.3 is 19.9 Å². The molecule has 2 amide bonds. The van der Waals surface area contributed by atoms with E-state index in [4.69, 9.17) is 4.74 Å². The zero-order valence-corrected chi connectivity index (χ0v) is 18.8. The number of ether oxygens (including phenoxy) is 1. The Labute approximate surface area is 185 Å². The number of para-hydroxylation sites is 2. The Morgan fingerprint density at radius 1 is 1.13 bits per heavy atom. The molecule has 1 aliphatic rings. The molecule has 1 unspecified atom stereocenters. The van der Waals surface area contributed by atoms with Crippen LogP contribution >= 0.6 is 0 Å². The van der Waals surface area contributed by atoms with E-state index in [1.54, 1.807) is 4.90 Å². The monoisotopic (exact) mass is 423 g/mol. The molecule has 0 aromatic heterocycles. The number of rotatable bonds is 10. The van der Waals surface area contributed by atoms with Crippen molar-refractivity contribution < 1.29 is 14.3 Å². The molecule has 1 N–H and O–H groups in total. The Morgan fingerprint density at radius 2 is 1.84 bits per heavy atom. The van der Waals surface area contributed by atoms with Crippen LogP contribution in [0.3, 0.4) is 0 Å². The first-order valence-corrected chi connectivity index (χ1v) is 11.1. The third kappa shape index (κ3) is 6.31. The molecule has 0 spiro atoms. The van der Waals surface area contributed by atoms with Gasteiger partial charge in [0.1, 0.15) is 12.4 Å². The number of aryl methyl sites for hydroxylation is 1. The first-order valence-electron chi connectivity index (χ1n) is 11.1. The van der Waals surface area contributed by atoms with E-state index in [9.17, 15) is 9.59 Å². The number of likely N-dealkylation sites (N-methyl/N-ethyl adjacent to an activating group) is 1. The fourth-order valence-corrected chi connectivity index (χ4v) is 3.77. The average Bonchev–Trinajstić information content (AvgIpc) is 3.14. The lowest BCUT2D eigenvalue weighted by atomic mass is 10.1. The van der Waals surface area contributed by atoms with Gasteiger partial charge in [0.25, 0.3) is 0 Å². The maximum absolute atomic E-state index is 12.9. The molecule has 0 saturated carbocycles. The minimum atomic E-state index is -0.360. The maximum atomic E-state index is 12.9. The van der Waals surface area contributed by atoms with Crippen molar-refractivity contribution in [3.8, 4) is 5.75 Å². The zero-order valence-electron chi connectivity index (χ0n) is 18.8. The van der Waals surface area contributed by atoms with Gasteiger partial charge in [-0.25, -0.2) is 0 Å². The van der Waals surface area contributed by atoms with Crippen LogP contribution in [0.15, 0.2) is 48.5 Å². The summed E-state index contributed by atoms with van der Waals surface area (Å²) in [6, 6.07) is 15.6. The molecule has 166 valence electrons. The average molecular weight is 424 g/mol. The molecular formula is C25H33N3O3. The van der Waals surface area contributed by atoms with Crippen molar-refractivity contribution in [3.05, 3.63) is 59.7 Å². The Morgan fingerprint density at radius 3 is 2.55 bits per heavy atom. The van der Waals surface area contributed by atoms with Crippen molar-refractivity contribution in [2.24, 2.45) is 5.92 Å². The standard InChI is InChI=1S/C25H33N3O3/c1-4-27(5-2)14-15-31-23-9-7-6-8-22(23)26-25(30)21-16-24(29)28(18-21)17-20-12-10-19(3)11-13-20/h6-13,21H,4-5,14-18H2,1-3H3,(H,26,30). The predicted molar refractivity (Wildman–Crippen MR) is 123 cm³/mol. The van der Waals surface area contributed by atoms with Crippen molar-refractivity contribution in [1.29, 1.82) is 0 Å². The van der Waals surface area contributed by atoms with Crippen LogP contribution in [0, 0.1) is 12.8 Å². The summed E-state index contributed by atoms with van der Waals surface area (Å²) in [7, 11) is 0. The number of benzene rings is 2. The van der Waals surface area contributed by atoms with Crippen LogP contribution in [0.4, 0.5) is 5.69 Å². The topological polar surface area (TPSA) is 61.9 Å². The number of hydrogen-bond acceptors (Lipinski definition) is 4. The van der Waals surface area contributed by atoms with Crippen LogP contribution < -0.4 is 10.1 Å². The maximum Gasteiger partial charge on any atom is 0.229 e. The summed E-state index contributed by atoms with van der Waals surface area (Å²) in [6.07, 6.45) is 0.239. The second-order valence-electron chi connectivity index (χ2n) is 8.02. The number of likely N-dealkylation sites (tertiary alicyclic amines) is 1. The second-order valence-corrected chi connectivity index (χ2v) is 8.02. The molecule has 1 atom stereocenters. The lowest BCUT2D eigenvalue weighted by Gasteiger charge is -2.19. The molecule has 1 aliphatic heterocycles. The summed E-state index contributed by atoms with van der Waals surface area (Å²) in [4.78, 5) is 29.4. The lowest BCUT2D eigenvalue weighted by Crippen LogP contribution is -2.29. The van der Waals surface area contributed by atoms with Crippen LogP contribution in [-0.4, -0.2) is 54.4 Å². The molecule has 0 bridgehead atoms. The van der Waals surface area contributed by atoms with Gasteiger partial charge in [-0.05, 0) is 37.7 Å². The van der Waals surface area contributed by atoms with Crippen LogP contribution in [0.1, 0.15) is 31.4 Å². The number of amides is 2. The highest BCUT2D eigenvalue weighted by Crippen LogP contribution is 2.27. The molecule has 0 aliphatic carbocycles. The Kier molecular flexibility index (Phi) is 8.06. The number of carbonyl (C=O) groups excluding carboxylic acids is 2. The van der Waals surface area contributed by atoms with E-state index in [2.05, 4.69) is 24.1 Å². The highest BCUT2D eigenvalue weighted by molar-refractivity contribution is 5.98.